The Balaban J connectivity index is 2.58. The molecule has 0 aromatic heterocycles. The zero-order valence-electron chi connectivity index (χ0n) is 10.9. The van der Waals surface area contributed by atoms with Crippen molar-refractivity contribution in [3.8, 4) is 5.75 Å². The molecule has 0 aliphatic rings. The van der Waals surface area contributed by atoms with Crippen molar-refractivity contribution in [2.45, 2.75) is 39.7 Å². The van der Waals surface area contributed by atoms with E-state index in [-0.39, 0.29) is 6.04 Å². The Morgan fingerprint density at radius 3 is 2.59 bits per heavy atom. The van der Waals surface area contributed by atoms with Gasteiger partial charge in [-0.05, 0) is 43.9 Å². The molecule has 1 aromatic carbocycles. The van der Waals surface area contributed by atoms with E-state index in [9.17, 15) is 0 Å². The highest BCUT2D eigenvalue weighted by Gasteiger charge is 2.08. The van der Waals surface area contributed by atoms with Gasteiger partial charge in [-0.15, -0.1) is 0 Å². The predicted octanol–water partition coefficient (Wildman–Crippen LogP) is 4.17. The van der Waals surface area contributed by atoms with Gasteiger partial charge in [0.2, 0.25) is 0 Å². The zero-order valence-corrected chi connectivity index (χ0v) is 11.6. The van der Waals surface area contributed by atoms with Gasteiger partial charge in [-0.1, -0.05) is 25.4 Å². The molecule has 0 radical (unpaired) electrons. The standard InChI is InChI=1S/C14H22ClNO/c1-10(2)5-4-8-17-14-7-6-12(15)9-13(14)11(3)16/h6-7,9-11H,4-5,8,16H2,1-3H3/t11-/m0/s1. The summed E-state index contributed by atoms with van der Waals surface area (Å²) in [6, 6.07) is 5.56. The second kappa shape index (κ2) is 6.87. The fraction of sp³-hybridized carbons (Fsp3) is 0.571. The van der Waals surface area contributed by atoms with Crippen molar-refractivity contribution in [3.63, 3.8) is 0 Å². The van der Waals surface area contributed by atoms with Gasteiger partial charge in [0.15, 0.2) is 0 Å². The molecule has 1 atom stereocenters. The lowest BCUT2D eigenvalue weighted by Crippen LogP contribution is -2.09. The molecular formula is C14H22ClNO. The van der Waals surface area contributed by atoms with Crippen LogP contribution in [0.1, 0.15) is 45.2 Å². The van der Waals surface area contributed by atoms with Crippen molar-refractivity contribution in [2.75, 3.05) is 6.61 Å². The third kappa shape index (κ3) is 4.97. The molecule has 3 heteroatoms. The summed E-state index contributed by atoms with van der Waals surface area (Å²) in [4.78, 5) is 0. The van der Waals surface area contributed by atoms with Gasteiger partial charge in [0.05, 0.1) is 6.61 Å². The first-order chi connectivity index (χ1) is 8.00. The molecule has 2 nitrogen and oxygen atoms in total. The number of nitrogens with two attached hydrogens (primary N) is 1. The number of halogens is 1. The highest BCUT2D eigenvalue weighted by molar-refractivity contribution is 6.30. The lowest BCUT2D eigenvalue weighted by molar-refractivity contribution is 0.294. The molecule has 0 saturated carbocycles. The molecule has 0 fully saturated rings. The van der Waals surface area contributed by atoms with Crippen molar-refractivity contribution < 1.29 is 4.74 Å². The monoisotopic (exact) mass is 255 g/mol. The van der Waals surface area contributed by atoms with Gasteiger partial charge in [-0.25, -0.2) is 0 Å². The predicted molar refractivity (Wildman–Crippen MR) is 73.6 cm³/mol. The van der Waals surface area contributed by atoms with Gasteiger partial charge in [0.1, 0.15) is 5.75 Å². The maximum Gasteiger partial charge on any atom is 0.124 e. The van der Waals surface area contributed by atoms with Crippen molar-refractivity contribution in [3.05, 3.63) is 28.8 Å². The summed E-state index contributed by atoms with van der Waals surface area (Å²) < 4.78 is 5.77. The van der Waals surface area contributed by atoms with Gasteiger partial charge in [-0.3, -0.25) is 0 Å². The number of hydrogen-bond donors (Lipinski definition) is 1. The van der Waals surface area contributed by atoms with Crippen LogP contribution in [0.25, 0.3) is 0 Å². The second-order valence-electron chi connectivity index (χ2n) is 4.86. The molecule has 0 aliphatic carbocycles. The summed E-state index contributed by atoms with van der Waals surface area (Å²) in [6.45, 7) is 7.11. The number of hydrogen-bond acceptors (Lipinski definition) is 2. The number of ether oxygens (including phenoxy) is 1. The first kappa shape index (κ1) is 14.3. The molecule has 0 spiro atoms. The van der Waals surface area contributed by atoms with Gasteiger partial charge in [0.25, 0.3) is 0 Å². The third-order valence-electron chi connectivity index (χ3n) is 2.65. The minimum atomic E-state index is -0.0613. The maximum atomic E-state index is 5.95. The third-order valence-corrected chi connectivity index (χ3v) is 2.88. The molecule has 1 rings (SSSR count). The van der Waals surface area contributed by atoms with Gasteiger partial charge in [0, 0.05) is 16.6 Å². The van der Waals surface area contributed by atoms with Crippen LogP contribution in [0, 0.1) is 5.92 Å². The van der Waals surface area contributed by atoms with Crippen LogP contribution in [-0.2, 0) is 0 Å². The second-order valence-corrected chi connectivity index (χ2v) is 5.29. The van der Waals surface area contributed by atoms with Crippen LogP contribution < -0.4 is 10.5 Å². The van der Waals surface area contributed by atoms with Gasteiger partial charge < -0.3 is 10.5 Å². The number of rotatable bonds is 6. The molecule has 96 valence electrons. The van der Waals surface area contributed by atoms with E-state index in [2.05, 4.69) is 13.8 Å². The quantitative estimate of drug-likeness (QED) is 0.774. The van der Waals surface area contributed by atoms with Crippen LogP contribution in [-0.4, -0.2) is 6.61 Å². The largest absolute Gasteiger partial charge is 0.493 e. The summed E-state index contributed by atoms with van der Waals surface area (Å²) in [5.41, 5.74) is 6.87. The van der Waals surface area contributed by atoms with E-state index >= 15 is 0 Å². The summed E-state index contributed by atoms with van der Waals surface area (Å²) >= 11 is 5.95. The van der Waals surface area contributed by atoms with Crippen molar-refractivity contribution in [2.24, 2.45) is 11.7 Å². The van der Waals surface area contributed by atoms with Crippen LogP contribution in [0.15, 0.2) is 18.2 Å². The first-order valence-corrected chi connectivity index (χ1v) is 6.56. The minimum Gasteiger partial charge on any atom is -0.493 e. The Bertz CT molecular complexity index is 350. The smallest absolute Gasteiger partial charge is 0.124 e. The molecule has 0 amide bonds. The molecule has 0 bridgehead atoms. The Kier molecular flexibility index (Phi) is 5.79. The lowest BCUT2D eigenvalue weighted by Gasteiger charge is -2.14. The Hall–Kier alpha value is -0.730. The molecule has 2 N–H and O–H groups in total. The van der Waals surface area contributed by atoms with Crippen LogP contribution >= 0.6 is 11.6 Å². The van der Waals surface area contributed by atoms with E-state index in [1.54, 1.807) is 0 Å². The lowest BCUT2D eigenvalue weighted by atomic mass is 10.1. The van der Waals surface area contributed by atoms with E-state index < -0.39 is 0 Å². The fourth-order valence-electron chi connectivity index (χ4n) is 1.68. The van der Waals surface area contributed by atoms with Crippen LogP contribution in [0.4, 0.5) is 0 Å². The van der Waals surface area contributed by atoms with Gasteiger partial charge in [-0.2, -0.15) is 0 Å². The molecule has 0 aliphatic heterocycles. The summed E-state index contributed by atoms with van der Waals surface area (Å²) in [6.07, 6.45) is 2.25. The Morgan fingerprint density at radius 2 is 2.00 bits per heavy atom. The van der Waals surface area contributed by atoms with E-state index in [4.69, 9.17) is 22.1 Å². The zero-order chi connectivity index (χ0) is 12.8. The molecular weight excluding hydrogens is 234 g/mol. The average Bonchev–Trinajstić information content (AvgIpc) is 2.25. The fourth-order valence-corrected chi connectivity index (χ4v) is 1.86. The molecule has 0 heterocycles. The van der Waals surface area contributed by atoms with Crippen LogP contribution in [0.3, 0.4) is 0 Å². The molecule has 0 unspecified atom stereocenters. The SMILES string of the molecule is CC(C)CCCOc1ccc(Cl)cc1[C@H](C)N. The molecule has 1 aromatic rings. The Labute approximate surface area is 109 Å². The van der Waals surface area contributed by atoms with Crippen molar-refractivity contribution in [1.82, 2.24) is 0 Å². The van der Waals surface area contributed by atoms with Crippen molar-refractivity contribution >= 4 is 11.6 Å². The summed E-state index contributed by atoms with van der Waals surface area (Å²) in [7, 11) is 0. The summed E-state index contributed by atoms with van der Waals surface area (Å²) in [5, 5.41) is 0.701. The first-order valence-electron chi connectivity index (χ1n) is 6.18. The van der Waals surface area contributed by atoms with Crippen molar-refractivity contribution in [1.29, 1.82) is 0 Å². The molecule has 17 heavy (non-hydrogen) atoms. The van der Waals surface area contributed by atoms with E-state index in [0.29, 0.717) is 5.02 Å². The molecule has 0 saturated heterocycles. The number of benzene rings is 1. The minimum absolute atomic E-state index is 0.0613. The van der Waals surface area contributed by atoms with Crippen LogP contribution in [0.5, 0.6) is 5.75 Å². The Morgan fingerprint density at radius 1 is 1.29 bits per heavy atom. The highest BCUT2D eigenvalue weighted by atomic mass is 35.5. The normalized spacial score (nSPS) is 12.8. The van der Waals surface area contributed by atoms with E-state index in [1.807, 2.05) is 25.1 Å². The topological polar surface area (TPSA) is 35.2 Å². The average molecular weight is 256 g/mol. The van der Waals surface area contributed by atoms with E-state index in [0.717, 1.165) is 30.3 Å². The van der Waals surface area contributed by atoms with Crippen LogP contribution in [0.2, 0.25) is 5.02 Å². The highest BCUT2D eigenvalue weighted by Crippen LogP contribution is 2.27. The summed E-state index contributed by atoms with van der Waals surface area (Å²) in [5.74, 6) is 1.57. The van der Waals surface area contributed by atoms with E-state index in [1.165, 1.54) is 6.42 Å². The van der Waals surface area contributed by atoms with Gasteiger partial charge >= 0.3 is 0 Å². The maximum absolute atomic E-state index is 5.95.